The first kappa shape index (κ1) is 18.7. The molecule has 1 aliphatic heterocycles. The summed E-state index contributed by atoms with van der Waals surface area (Å²) in [5.41, 5.74) is 0. The van der Waals surface area contributed by atoms with E-state index in [4.69, 9.17) is 4.74 Å². The first-order valence-electron chi connectivity index (χ1n) is 9.01. The molecule has 1 aromatic heterocycles. The zero-order chi connectivity index (χ0) is 17.4. The van der Waals surface area contributed by atoms with Crippen LogP contribution < -0.4 is 10.6 Å². The van der Waals surface area contributed by atoms with Crippen molar-refractivity contribution >= 4 is 5.96 Å². The van der Waals surface area contributed by atoms with Crippen LogP contribution >= 0.6 is 0 Å². The molecule has 24 heavy (non-hydrogen) atoms. The normalized spacial score (nSPS) is 17.9. The number of ether oxygens (including phenoxy) is 1. The molecule has 7 heteroatoms. The summed E-state index contributed by atoms with van der Waals surface area (Å²) in [5.74, 6) is 3.48. The Morgan fingerprint density at radius 2 is 2.25 bits per heavy atom. The molecule has 1 aliphatic rings. The molecule has 0 fully saturated rings. The van der Waals surface area contributed by atoms with Crippen molar-refractivity contribution in [2.24, 2.45) is 10.9 Å². The fraction of sp³-hybridized carbons (Fsp3) is 0.824. The molecule has 0 aromatic carbocycles. The number of unbranched alkanes of at least 4 members (excludes halogenated alkanes) is 1. The summed E-state index contributed by atoms with van der Waals surface area (Å²) >= 11 is 0. The highest BCUT2D eigenvalue weighted by Crippen LogP contribution is 2.13. The van der Waals surface area contributed by atoms with E-state index in [0.29, 0.717) is 12.6 Å². The molecule has 0 amide bonds. The van der Waals surface area contributed by atoms with Gasteiger partial charge in [-0.1, -0.05) is 26.7 Å². The monoisotopic (exact) mass is 336 g/mol. The largest absolute Gasteiger partial charge is 0.377 e. The Morgan fingerprint density at radius 3 is 2.96 bits per heavy atom. The van der Waals surface area contributed by atoms with Crippen molar-refractivity contribution in [1.29, 1.82) is 0 Å². The fourth-order valence-corrected chi connectivity index (χ4v) is 2.94. The molecule has 1 unspecified atom stereocenters. The minimum absolute atomic E-state index is 0.330. The van der Waals surface area contributed by atoms with Gasteiger partial charge in [0, 0.05) is 33.2 Å². The van der Waals surface area contributed by atoms with E-state index >= 15 is 0 Å². The number of hydrogen-bond acceptors (Lipinski definition) is 4. The molecule has 0 saturated heterocycles. The third kappa shape index (κ3) is 5.78. The maximum Gasteiger partial charge on any atom is 0.191 e. The molecule has 1 atom stereocenters. The number of fused-ring (bicyclic) bond motifs is 1. The first-order valence-corrected chi connectivity index (χ1v) is 9.01. The highest BCUT2D eigenvalue weighted by molar-refractivity contribution is 5.79. The number of hydrogen-bond donors (Lipinski definition) is 2. The van der Waals surface area contributed by atoms with Crippen LogP contribution in [0.25, 0.3) is 0 Å². The van der Waals surface area contributed by atoms with Gasteiger partial charge in [-0.3, -0.25) is 4.99 Å². The van der Waals surface area contributed by atoms with Crippen molar-refractivity contribution in [2.75, 3.05) is 20.7 Å². The Morgan fingerprint density at radius 1 is 1.42 bits per heavy atom. The summed E-state index contributed by atoms with van der Waals surface area (Å²) in [6.07, 6.45) is 5.70. The lowest BCUT2D eigenvalue weighted by Crippen LogP contribution is -2.47. The van der Waals surface area contributed by atoms with Crippen molar-refractivity contribution in [2.45, 2.75) is 65.1 Å². The van der Waals surface area contributed by atoms with E-state index in [1.165, 1.54) is 19.3 Å². The second-order valence-electron chi connectivity index (χ2n) is 6.83. The lowest BCUT2D eigenvalue weighted by Gasteiger charge is -2.25. The minimum Gasteiger partial charge on any atom is -0.377 e. The minimum atomic E-state index is 0.330. The van der Waals surface area contributed by atoms with E-state index in [9.17, 15) is 0 Å². The first-order chi connectivity index (χ1) is 11.6. The van der Waals surface area contributed by atoms with Gasteiger partial charge in [0.1, 0.15) is 12.4 Å². The molecule has 136 valence electrons. The van der Waals surface area contributed by atoms with Crippen LogP contribution in [0.3, 0.4) is 0 Å². The van der Waals surface area contributed by atoms with E-state index in [1.54, 1.807) is 7.11 Å². The molecule has 7 nitrogen and oxygen atoms in total. The Bertz CT molecular complexity index is 525. The van der Waals surface area contributed by atoms with Crippen LogP contribution in [0.2, 0.25) is 0 Å². The van der Waals surface area contributed by atoms with Gasteiger partial charge in [-0.2, -0.15) is 5.10 Å². The number of rotatable bonds is 8. The highest BCUT2D eigenvalue weighted by atomic mass is 16.5. The number of methoxy groups -OCH3 is 1. The van der Waals surface area contributed by atoms with E-state index in [0.717, 1.165) is 49.5 Å². The zero-order valence-electron chi connectivity index (χ0n) is 15.5. The molecule has 0 spiro atoms. The molecule has 2 N–H and O–H groups in total. The topological polar surface area (TPSA) is 76.4 Å². The molecule has 0 radical (unpaired) electrons. The van der Waals surface area contributed by atoms with Gasteiger partial charge in [0.2, 0.25) is 0 Å². The average molecular weight is 336 g/mol. The van der Waals surface area contributed by atoms with Crippen LogP contribution in [0.5, 0.6) is 0 Å². The van der Waals surface area contributed by atoms with Gasteiger partial charge in [-0.15, -0.1) is 0 Å². The van der Waals surface area contributed by atoms with Gasteiger partial charge >= 0.3 is 0 Å². The molecule has 2 rings (SSSR count). The standard InChI is InChI=1S/C17H32N6O/c1-13(2)7-5-6-10-19-17(18-3)20-14-8-9-16-21-15(12-24-4)22-23(16)11-14/h13-14H,5-12H2,1-4H3,(H2,18,19,20). The summed E-state index contributed by atoms with van der Waals surface area (Å²) in [4.78, 5) is 8.85. The zero-order valence-corrected chi connectivity index (χ0v) is 15.5. The van der Waals surface area contributed by atoms with Crippen LogP contribution in [0.15, 0.2) is 4.99 Å². The highest BCUT2D eigenvalue weighted by Gasteiger charge is 2.22. The number of guanidine groups is 1. The second kappa shape index (κ2) is 9.61. The van der Waals surface area contributed by atoms with Gasteiger partial charge in [0.25, 0.3) is 0 Å². The summed E-state index contributed by atoms with van der Waals surface area (Å²) in [6, 6.07) is 0.330. The Balaban J connectivity index is 1.75. The molecule has 0 aliphatic carbocycles. The van der Waals surface area contributed by atoms with Gasteiger partial charge in [0.15, 0.2) is 11.8 Å². The van der Waals surface area contributed by atoms with Crippen LogP contribution in [0.4, 0.5) is 0 Å². The van der Waals surface area contributed by atoms with Crippen LogP contribution in [-0.2, 0) is 24.3 Å². The molecule has 0 saturated carbocycles. The lowest BCUT2D eigenvalue weighted by molar-refractivity contribution is 0.177. The molecule has 0 bridgehead atoms. The van der Waals surface area contributed by atoms with Crippen molar-refractivity contribution in [3.05, 3.63) is 11.6 Å². The van der Waals surface area contributed by atoms with E-state index < -0.39 is 0 Å². The number of nitrogens with one attached hydrogen (secondary N) is 2. The number of aryl methyl sites for hydroxylation is 1. The van der Waals surface area contributed by atoms with E-state index in [-0.39, 0.29) is 0 Å². The Labute approximate surface area is 145 Å². The third-order valence-corrected chi connectivity index (χ3v) is 4.24. The van der Waals surface area contributed by atoms with Crippen molar-refractivity contribution in [3.63, 3.8) is 0 Å². The van der Waals surface area contributed by atoms with E-state index in [2.05, 4.69) is 39.6 Å². The van der Waals surface area contributed by atoms with Crippen molar-refractivity contribution in [1.82, 2.24) is 25.4 Å². The quantitative estimate of drug-likeness (QED) is 0.429. The van der Waals surface area contributed by atoms with Gasteiger partial charge in [-0.05, 0) is 18.8 Å². The van der Waals surface area contributed by atoms with Crippen LogP contribution in [0, 0.1) is 5.92 Å². The Kier molecular flexibility index (Phi) is 7.49. The van der Waals surface area contributed by atoms with Gasteiger partial charge < -0.3 is 15.4 Å². The van der Waals surface area contributed by atoms with Gasteiger partial charge in [-0.25, -0.2) is 9.67 Å². The molecular weight excluding hydrogens is 304 g/mol. The van der Waals surface area contributed by atoms with Crippen molar-refractivity contribution in [3.8, 4) is 0 Å². The lowest BCUT2D eigenvalue weighted by atomic mass is 10.1. The van der Waals surface area contributed by atoms with Crippen LogP contribution in [0.1, 0.15) is 51.2 Å². The maximum absolute atomic E-state index is 5.11. The second-order valence-corrected chi connectivity index (χ2v) is 6.83. The summed E-state index contributed by atoms with van der Waals surface area (Å²) in [5, 5.41) is 11.4. The van der Waals surface area contributed by atoms with Gasteiger partial charge in [0.05, 0.1) is 6.54 Å². The molecule has 1 aromatic rings. The fourth-order valence-electron chi connectivity index (χ4n) is 2.94. The Hall–Kier alpha value is -1.63. The molecular formula is C17H32N6O. The van der Waals surface area contributed by atoms with Crippen molar-refractivity contribution < 1.29 is 4.74 Å². The van der Waals surface area contributed by atoms with Crippen LogP contribution in [-0.4, -0.2) is 47.5 Å². The summed E-state index contributed by atoms with van der Waals surface area (Å²) in [6.45, 7) is 6.80. The maximum atomic E-state index is 5.11. The predicted octanol–water partition coefficient (Wildman–Crippen LogP) is 1.73. The smallest absolute Gasteiger partial charge is 0.191 e. The SMILES string of the molecule is CN=C(NCCCCC(C)C)NC1CCc2nc(COC)nn2C1. The number of nitrogens with zero attached hydrogens (tertiary/aromatic N) is 4. The number of aliphatic imine (C=N–C) groups is 1. The third-order valence-electron chi connectivity index (χ3n) is 4.24. The van der Waals surface area contributed by atoms with E-state index in [1.807, 2.05) is 11.7 Å². The summed E-state index contributed by atoms with van der Waals surface area (Å²) < 4.78 is 7.10. The average Bonchev–Trinajstić information content (AvgIpc) is 2.95. The number of aromatic nitrogens is 3. The predicted molar refractivity (Wildman–Crippen MR) is 96.0 cm³/mol. The summed E-state index contributed by atoms with van der Waals surface area (Å²) in [7, 11) is 3.49. The molecule has 2 heterocycles.